The van der Waals surface area contributed by atoms with Crippen molar-refractivity contribution in [2.45, 2.75) is 42.7 Å². The molecule has 3 aromatic rings. The van der Waals surface area contributed by atoms with Crippen molar-refractivity contribution in [2.24, 2.45) is 4.99 Å². The van der Waals surface area contributed by atoms with Crippen LogP contribution >= 0.6 is 11.8 Å². The van der Waals surface area contributed by atoms with E-state index in [-0.39, 0.29) is 6.17 Å². The lowest BCUT2D eigenvalue weighted by Crippen LogP contribution is -2.30. The minimum Gasteiger partial charge on any atom is -0.480 e. The van der Waals surface area contributed by atoms with Crippen LogP contribution in [0.1, 0.15) is 36.9 Å². The number of rotatable bonds is 10. The van der Waals surface area contributed by atoms with Crippen molar-refractivity contribution in [3.05, 3.63) is 84.1 Å². The number of hydrogen-bond acceptors (Lipinski definition) is 8. The normalized spacial score (nSPS) is 16.5. The summed E-state index contributed by atoms with van der Waals surface area (Å²) in [5.41, 5.74) is 2.11. The van der Waals surface area contributed by atoms with Crippen LogP contribution in [0.4, 0.5) is 0 Å². The average molecular weight is 481 g/mol. The Morgan fingerprint density at radius 1 is 1.12 bits per heavy atom. The molecule has 1 unspecified atom stereocenters. The molecule has 0 amide bonds. The first kappa shape index (κ1) is 24.0. The van der Waals surface area contributed by atoms with Crippen LogP contribution < -0.4 is 0 Å². The second-order valence-corrected chi connectivity index (χ2v) is 10.3. The summed E-state index contributed by atoms with van der Waals surface area (Å²) in [7, 11) is 1.87. The van der Waals surface area contributed by atoms with Gasteiger partial charge in [-0.15, -0.1) is 16.8 Å². The van der Waals surface area contributed by atoms with E-state index in [9.17, 15) is 9.90 Å². The number of aliphatic carboxylic acids is 1. The predicted octanol–water partition coefficient (Wildman–Crippen LogP) is 4.61. The molecule has 2 aromatic heterocycles. The Labute approximate surface area is 203 Å². The fourth-order valence-electron chi connectivity index (χ4n) is 3.59. The summed E-state index contributed by atoms with van der Waals surface area (Å²) in [5.74, 6) is 0.651. The van der Waals surface area contributed by atoms with Crippen molar-refractivity contribution in [1.82, 2.24) is 14.9 Å². The number of benzene rings is 1. The monoisotopic (exact) mass is 480 g/mol. The zero-order valence-electron chi connectivity index (χ0n) is 19.4. The van der Waals surface area contributed by atoms with Crippen molar-refractivity contribution in [3.8, 4) is 0 Å². The quantitative estimate of drug-likeness (QED) is 0.421. The van der Waals surface area contributed by atoms with Gasteiger partial charge in [0, 0.05) is 30.9 Å². The highest BCUT2D eigenvalue weighted by Crippen LogP contribution is 2.33. The third-order valence-electron chi connectivity index (χ3n) is 5.40. The van der Waals surface area contributed by atoms with E-state index >= 15 is 0 Å². The molecule has 4 rings (SSSR count). The molecular formula is C25H28N4O4S. The smallest absolute Gasteiger partial charge is 0.319 e. The van der Waals surface area contributed by atoms with Crippen LogP contribution in [-0.4, -0.2) is 50.3 Å². The summed E-state index contributed by atoms with van der Waals surface area (Å²) in [6, 6.07) is 15.7. The van der Waals surface area contributed by atoms with Crippen molar-refractivity contribution in [3.63, 3.8) is 0 Å². The van der Waals surface area contributed by atoms with Crippen LogP contribution in [0.25, 0.3) is 0 Å². The fourth-order valence-corrected chi connectivity index (χ4v) is 4.54. The van der Waals surface area contributed by atoms with Gasteiger partial charge < -0.3 is 14.4 Å². The minimum absolute atomic E-state index is 0.211. The maximum atomic E-state index is 11.4. The van der Waals surface area contributed by atoms with Gasteiger partial charge in [-0.25, -0.2) is 4.99 Å². The maximum Gasteiger partial charge on any atom is 0.319 e. The van der Waals surface area contributed by atoms with Gasteiger partial charge in [0.2, 0.25) is 5.90 Å². The van der Waals surface area contributed by atoms with Crippen molar-refractivity contribution in [2.75, 3.05) is 13.6 Å². The van der Waals surface area contributed by atoms with Gasteiger partial charge in [0.25, 0.3) is 0 Å². The lowest BCUT2D eigenvalue weighted by Gasteiger charge is -2.22. The summed E-state index contributed by atoms with van der Waals surface area (Å²) in [5, 5.41) is 11.1. The molecule has 0 saturated carbocycles. The molecule has 0 spiro atoms. The first-order chi connectivity index (χ1) is 16.3. The second-order valence-electron chi connectivity index (χ2n) is 8.60. The van der Waals surface area contributed by atoms with Crippen molar-refractivity contribution >= 4 is 23.6 Å². The van der Waals surface area contributed by atoms with Crippen LogP contribution in [0.2, 0.25) is 0 Å². The highest BCUT2D eigenvalue weighted by molar-refractivity contribution is 8.01. The zero-order chi connectivity index (χ0) is 24.1. The Morgan fingerprint density at radius 3 is 2.50 bits per heavy atom. The van der Waals surface area contributed by atoms with E-state index in [0.29, 0.717) is 25.5 Å². The van der Waals surface area contributed by atoms with Crippen LogP contribution in [-0.2, 0) is 22.7 Å². The molecule has 8 nitrogen and oxygen atoms in total. The lowest BCUT2D eigenvalue weighted by atomic mass is 10.2. The summed E-state index contributed by atoms with van der Waals surface area (Å²) < 4.78 is 4.69. The standard InChI is InChI=1S/C25H28N4O4S/c1-25(2,24(30)31)34-21-8-6-18(7-9-21)15-29(16-20-5-4-14-32-20)17-22-27-23(28(3)33-22)19-10-12-26-13-11-19/h4-14,23H,15-17H2,1-3H3,(H,30,31). The number of aromatic nitrogens is 1. The Bertz CT molecular complexity index is 1120. The number of hydroxylamine groups is 2. The third kappa shape index (κ3) is 6.05. The number of aliphatic imine (C=N–C) groups is 1. The van der Waals surface area contributed by atoms with Crippen LogP contribution in [0.15, 0.2) is 81.5 Å². The van der Waals surface area contributed by atoms with Crippen LogP contribution in [0, 0.1) is 0 Å². The molecule has 1 atom stereocenters. The maximum absolute atomic E-state index is 11.4. The molecule has 1 aromatic carbocycles. The van der Waals surface area contributed by atoms with Gasteiger partial charge in [-0.1, -0.05) is 12.1 Å². The summed E-state index contributed by atoms with van der Waals surface area (Å²) >= 11 is 1.33. The van der Waals surface area contributed by atoms with Crippen LogP contribution in [0.3, 0.4) is 0 Å². The van der Waals surface area contributed by atoms with E-state index in [4.69, 9.17) is 14.2 Å². The van der Waals surface area contributed by atoms with E-state index in [1.807, 2.05) is 55.6 Å². The summed E-state index contributed by atoms with van der Waals surface area (Å²) in [4.78, 5) is 29.3. The van der Waals surface area contributed by atoms with Gasteiger partial charge in [-0.05, 0) is 61.4 Å². The van der Waals surface area contributed by atoms with Gasteiger partial charge in [0.1, 0.15) is 10.5 Å². The Hall–Kier alpha value is -3.14. The molecule has 0 saturated heterocycles. The topological polar surface area (TPSA) is 91.4 Å². The number of thioether (sulfide) groups is 1. The Kier molecular flexibility index (Phi) is 7.35. The van der Waals surface area contributed by atoms with Crippen molar-refractivity contribution < 1.29 is 19.2 Å². The van der Waals surface area contributed by atoms with E-state index in [1.54, 1.807) is 37.6 Å². The molecule has 34 heavy (non-hydrogen) atoms. The molecular weight excluding hydrogens is 452 g/mol. The van der Waals surface area contributed by atoms with E-state index in [1.165, 1.54) is 11.8 Å². The van der Waals surface area contributed by atoms with Gasteiger partial charge in [0.05, 0.1) is 19.4 Å². The highest BCUT2D eigenvalue weighted by Gasteiger charge is 2.29. The SMILES string of the molecule is CN1OC(CN(Cc2ccc(SC(C)(C)C(=O)O)cc2)Cc2ccco2)=NC1c1ccncc1. The predicted molar refractivity (Wildman–Crippen MR) is 130 cm³/mol. The number of carboxylic acid groups (broad SMARTS) is 1. The van der Waals surface area contributed by atoms with Crippen LogP contribution in [0.5, 0.6) is 0 Å². The first-order valence-corrected chi connectivity index (χ1v) is 11.8. The van der Waals surface area contributed by atoms with Gasteiger partial charge in [0.15, 0.2) is 6.17 Å². The molecule has 178 valence electrons. The fraction of sp³-hybridized carbons (Fsp3) is 0.320. The second kappa shape index (κ2) is 10.4. The van der Waals surface area contributed by atoms with Gasteiger partial charge >= 0.3 is 5.97 Å². The molecule has 0 aliphatic carbocycles. The number of carbonyl (C=O) groups is 1. The zero-order valence-corrected chi connectivity index (χ0v) is 20.2. The Balaban J connectivity index is 1.47. The third-order valence-corrected chi connectivity index (χ3v) is 6.59. The number of carboxylic acids is 1. The number of furan rings is 1. The van der Waals surface area contributed by atoms with E-state index in [2.05, 4.69) is 9.88 Å². The molecule has 0 bridgehead atoms. The van der Waals surface area contributed by atoms with Gasteiger partial charge in [-0.3, -0.25) is 14.7 Å². The largest absolute Gasteiger partial charge is 0.480 e. The summed E-state index contributed by atoms with van der Waals surface area (Å²) in [6.07, 6.45) is 4.96. The van der Waals surface area contributed by atoms with Crippen molar-refractivity contribution in [1.29, 1.82) is 0 Å². The molecule has 1 N–H and O–H groups in total. The van der Waals surface area contributed by atoms with E-state index in [0.717, 1.165) is 21.8 Å². The number of pyridine rings is 1. The minimum atomic E-state index is -0.887. The molecule has 0 fully saturated rings. The Morgan fingerprint density at radius 2 is 1.85 bits per heavy atom. The molecule has 1 aliphatic heterocycles. The van der Waals surface area contributed by atoms with Gasteiger partial charge in [-0.2, -0.15) is 0 Å². The summed E-state index contributed by atoms with van der Waals surface area (Å²) in [6.45, 7) is 5.17. The lowest BCUT2D eigenvalue weighted by molar-refractivity contribution is -0.138. The molecule has 0 radical (unpaired) electrons. The van der Waals surface area contributed by atoms with E-state index < -0.39 is 10.7 Å². The average Bonchev–Trinajstić information content (AvgIpc) is 3.45. The molecule has 9 heteroatoms. The highest BCUT2D eigenvalue weighted by atomic mass is 32.2. The molecule has 1 aliphatic rings. The number of hydrogen-bond donors (Lipinski definition) is 1. The first-order valence-electron chi connectivity index (χ1n) is 10.9. The molecule has 3 heterocycles. The number of nitrogens with zero attached hydrogens (tertiary/aromatic N) is 4.